The lowest BCUT2D eigenvalue weighted by Crippen LogP contribution is -2.54. The van der Waals surface area contributed by atoms with Gasteiger partial charge < -0.3 is 25.8 Å². The van der Waals surface area contributed by atoms with Gasteiger partial charge in [0.05, 0.1) is 23.5 Å². The molecule has 3 aliphatic heterocycles. The number of thioether (sulfide) groups is 1. The van der Waals surface area contributed by atoms with Gasteiger partial charge in [0.25, 0.3) is 0 Å². The molecule has 1 fully saturated rings. The van der Waals surface area contributed by atoms with Crippen LogP contribution in [0.3, 0.4) is 0 Å². The van der Waals surface area contributed by atoms with Crippen LogP contribution < -0.4 is 25.6 Å². The molecule has 37 heavy (non-hydrogen) atoms. The molecule has 3 aliphatic rings. The van der Waals surface area contributed by atoms with Crippen molar-refractivity contribution in [2.24, 2.45) is 0 Å². The number of pyridine rings is 1. The molecule has 0 spiro atoms. The van der Waals surface area contributed by atoms with Crippen molar-refractivity contribution in [3.63, 3.8) is 0 Å². The zero-order chi connectivity index (χ0) is 25.5. The van der Waals surface area contributed by atoms with E-state index in [1.807, 2.05) is 61.5 Å². The van der Waals surface area contributed by atoms with Crippen LogP contribution in [0.25, 0.3) is 0 Å². The molecule has 3 amide bonds. The number of ether oxygens (including phenoxy) is 1. The number of aromatic nitrogens is 1. The molecule has 0 aliphatic carbocycles. The van der Waals surface area contributed by atoms with E-state index in [2.05, 4.69) is 20.9 Å². The highest BCUT2D eigenvalue weighted by molar-refractivity contribution is 8.01. The summed E-state index contributed by atoms with van der Waals surface area (Å²) in [4.78, 5) is 32.9. The Kier molecular flexibility index (Phi) is 6.23. The Morgan fingerprint density at radius 3 is 2.76 bits per heavy atom. The summed E-state index contributed by atoms with van der Waals surface area (Å²) in [6, 6.07) is 16.0. The number of urea groups is 1. The molecule has 2 aromatic carbocycles. The van der Waals surface area contributed by atoms with Gasteiger partial charge in [-0.05, 0) is 55.3 Å². The predicted molar refractivity (Wildman–Crippen MR) is 140 cm³/mol. The second-order valence-electron chi connectivity index (χ2n) is 9.47. The number of nitrogens with one attached hydrogen (secondary N) is 3. The summed E-state index contributed by atoms with van der Waals surface area (Å²) in [5, 5.41) is 19.3. The maximum atomic E-state index is 13.5. The van der Waals surface area contributed by atoms with E-state index < -0.39 is 17.4 Å². The van der Waals surface area contributed by atoms with E-state index >= 15 is 0 Å². The number of piperidine rings is 1. The summed E-state index contributed by atoms with van der Waals surface area (Å²) in [6.45, 7) is 3.06. The lowest BCUT2D eigenvalue weighted by molar-refractivity contribution is -0.122. The SMILES string of the molecule is Cc1cc(Oc2ccccc2)ccc1N1C(=O)NC2c3c1ccnc3SC2C(=O)N[C@H]1CNC[C@H](O)C1. The predicted octanol–water partition coefficient (Wildman–Crippen LogP) is 3.40. The minimum atomic E-state index is -0.545. The number of aliphatic hydroxyl groups excluding tert-OH is 1. The van der Waals surface area contributed by atoms with E-state index in [1.54, 1.807) is 11.1 Å². The van der Waals surface area contributed by atoms with Gasteiger partial charge in [0.15, 0.2) is 0 Å². The zero-order valence-electron chi connectivity index (χ0n) is 20.2. The van der Waals surface area contributed by atoms with Crippen LogP contribution in [-0.2, 0) is 4.79 Å². The van der Waals surface area contributed by atoms with E-state index in [9.17, 15) is 14.7 Å². The highest BCUT2D eigenvalue weighted by Gasteiger charge is 2.47. The number of amides is 3. The topological polar surface area (TPSA) is 116 Å². The Morgan fingerprint density at radius 2 is 1.97 bits per heavy atom. The summed E-state index contributed by atoms with van der Waals surface area (Å²) in [6.07, 6.45) is 1.69. The number of β-amino-alcohol motifs (C(OH)–C–C–N with tert-alkyl or cyclic N) is 1. The average Bonchev–Trinajstić information content (AvgIpc) is 3.25. The van der Waals surface area contributed by atoms with Crippen molar-refractivity contribution in [1.29, 1.82) is 0 Å². The molecule has 2 unspecified atom stereocenters. The van der Waals surface area contributed by atoms with Crippen molar-refractivity contribution in [3.8, 4) is 11.5 Å². The molecule has 6 rings (SSSR count). The van der Waals surface area contributed by atoms with Gasteiger partial charge in [-0.1, -0.05) is 30.0 Å². The Morgan fingerprint density at radius 1 is 1.14 bits per heavy atom. The fourth-order valence-corrected chi connectivity index (χ4v) is 6.38. The standard InChI is InChI=1S/C27H27N5O4S/c1-15-11-19(36-18-5-3-2-4-6-18)7-8-20(15)32-21-9-10-29-26-22(21)23(31-27(32)35)24(37-26)25(34)30-16-12-17(33)14-28-13-16/h2-11,16-17,23-24,28,33H,12-14H2,1H3,(H,30,34)(H,31,35)/t16-,17-,23?,24?/m1/s1. The number of anilines is 2. The molecule has 1 saturated heterocycles. The molecule has 4 N–H and O–H groups in total. The Hall–Kier alpha value is -3.60. The maximum Gasteiger partial charge on any atom is 0.327 e. The fraction of sp³-hybridized carbons (Fsp3) is 0.296. The number of hydrogen-bond donors (Lipinski definition) is 4. The summed E-state index contributed by atoms with van der Waals surface area (Å²) >= 11 is 1.36. The van der Waals surface area contributed by atoms with Gasteiger partial charge in [-0.2, -0.15) is 0 Å². The molecule has 9 nitrogen and oxygen atoms in total. The van der Waals surface area contributed by atoms with E-state index in [0.29, 0.717) is 25.3 Å². The first-order valence-electron chi connectivity index (χ1n) is 12.3. The first kappa shape index (κ1) is 23.8. The van der Waals surface area contributed by atoms with E-state index in [4.69, 9.17) is 4.74 Å². The number of hydrogen-bond acceptors (Lipinski definition) is 7. The number of carbonyl (C=O) groups is 2. The van der Waals surface area contributed by atoms with Crippen molar-refractivity contribution in [2.45, 2.75) is 41.8 Å². The van der Waals surface area contributed by atoms with Crippen LogP contribution in [0, 0.1) is 6.92 Å². The van der Waals surface area contributed by atoms with Gasteiger partial charge >= 0.3 is 6.03 Å². The lowest BCUT2D eigenvalue weighted by atomic mass is 9.98. The number of nitrogens with zero attached hydrogens (tertiary/aromatic N) is 2. The van der Waals surface area contributed by atoms with E-state index in [0.717, 1.165) is 33.3 Å². The zero-order valence-corrected chi connectivity index (χ0v) is 21.0. The quantitative estimate of drug-likeness (QED) is 0.410. The van der Waals surface area contributed by atoms with Crippen LogP contribution in [0.2, 0.25) is 0 Å². The van der Waals surface area contributed by atoms with Crippen molar-refractivity contribution >= 4 is 35.1 Å². The van der Waals surface area contributed by atoms with Crippen LogP contribution in [0.15, 0.2) is 65.8 Å². The van der Waals surface area contributed by atoms with Crippen molar-refractivity contribution in [2.75, 3.05) is 18.0 Å². The molecule has 190 valence electrons. The van der Waals surface area contributed by atoms with Crippen LogP contribution in [0.1, 0.15) is 23.6 Å². The number of benzene rings is 2. The number of aliphatic hydroxyl groups is 1. The first-order chi connectivity index (χ1) is 18.0. The van der Waals surface area contributed by atoms with Gasteiger partial charge in [-0.3, -0.25) is 9.69 Å². The van der Waals surface area contributed by atoms with E-state index in [1.165, 1.54) is 11.8 Å². The van der Waals surface area contributed by atoms with Crippen molar-refractivity contribution in [3.05, 3.63) is 71.9 Å². The largest absolute Gasteiger partial charge is 0.457 e. The molecular weight excluding hydrogens is 490 g/mol. The summed E-state index contributed by atoms with van der Waals surface area (Å²) < 4.78 is 5.96. The highest BCUT2D eigenvalue weighted by Crippen LogP contribution is 2.51. The minimum absolute atomic E-state index is 0.164. The maximum absolute atomic E-state index is 13.5. The molecule has 1 aromatic heterocycles. The average molecular weight is 518 g/mol. The van der Waals surface area contributed by atoms with Crippen molar-refractivity contribution < 1.29 is 19.4 Å². The molecule has 4 atom stereocenters. The normalized spacial score (nSPS) is 24.3. The smallest absolute Gasteiger partial charge is 0.327 e. The van der Waals surface area contributed by atoms with Gasteiger partial charge in [0.2, 0.25) is 5.91 Å². The molecule has 4 heterocycles. The van der Waals surface area contributed by atoms with Gasteiger partial charge in [-0.15, -0.1) is 0 Å². The monoisotopic (exact) mass is 517 g/mol. The number of aryl methyl sites for hydroxylation is 1. The minimum Gasteiger partial charge on any atom is -0.457 e. The van der Waals surface area contributed by atoms with Crippen LogP contribution >= 0.6 is 11.8 Å². The third kappa shape index (κ3) is 4.52. The summed E-state index contributed by atoms with van der Waals surface area (Å²) in [5.41, 5.74) is 3.16. The number of rotatable bonds is 5. The number of carbonyl (C=O) groups excluding carboxylic acids is 2. The number of para-hydroxylation sites is 1. The van der Waals surface area contributed by atoms with Crippen LogP contribution in [0.4, 0.5) is 16.2 Å². The fourth-order valence-electron chi connectivity index (χ4n) is 5.14. The Bertz CT molecular complexity index is 1350. The van der Waals surface area contributed by atoms with Gasteiger partial charge in [-0.25, -0.2) is 9.78 Å². The molecule has 10 heteroatoms. The summed E-state index contributed by atoms with van der Waals surface area (Å²) in [5.74, 6) is 1.24. The van der Waals surface area contributed by atoms with Crippen LogP contribution in [0.5, 0.6) is 11.5 Å². The molecule has 0 bridgehead atoms. The Balaban J connectivity index is 1.26. The van der Waals surface area contributed by atoms with Crippen LogP contribution in [-0.4, -0.2) is 52.5 Å². The second kappa shape index (κ2) is 9.70. The molecule has 3 aromatic rings. The summed E-state index contributed by atoms with van der Waals surface area (Å²) in [7, 11) is 0. The molecule has 0 saturated carbocycles. The highest BCUT2D eigenvalue weighted by atomic mass is 32.2. The lowest BCUT2D eigenvalue weighted by Gasteiger charge is -2.35. The second-order valence-corrected chi connectivity index (χ2v) is 10.6. The van der Waals surface area contributed by atoms with E-state index in [-0.39, 0.29) is 18.0 Å². The van der Waals surface area contributed by atoms with Gasteiger partial charge in [0, 0.05) is 30.9 Å². The van der Waals surface area contributed by atoms with Gasteiger partial charge in [0.1, 0.15) is 21.8 Å². The third-order valence-electron chi connectivity index (χ3n) is 6.83. The Labute approximate surface area is 218 Å². The first-order valence-corrected chi connectivity index (χ1v) is 13.1. The molecule has 0 radical (unpaired) electrons. The molecular formula is C27H27N5O4S. The third-order valence-corrected chi connectivity index (χ3v) is 8.11. The van der Waals surface area contributed by atoms with Crippen molar-refractivity contribution in [1.82, 2.24) is 20.9 Å².